The first-order valence-electron chi connectivity index (χ1n) is 4.96. The van der Waals surface area contributed by atoms with Gasteiger partial charge in [-0.2, -0.15) is 0 Å². The average Bonchev–Trinajstić information content (AvgIpc) is 2.80. The summed E-state index contributed by atoms with van der Waals surface area (Å²) in [6, 6.07) is 0.206. The molecule has 2 rings (SSSR count). The van der Waals surface area contributed by atoms with Gasteiger partial charge < -0.3 is 10.1 Å². The Morgan fingerprint density at radius 3 is 3.07 bits per heavy atom. The molecule has 2 heterocycles. The molecule has 5 heteroatoms. The van der Waals surface area contributed by atoms with Gasteiger partial charge in [0, 0.05) is 13.7 Å². The van der Waals surface area contributed by atoms with Crippen molar-refractivity contribution in [1.29, 1.82) is 0 Å². The molecule has 1 aliphatic heterocycles. The second-order valence-corrected chi connectivity index (χ2v) is 3.60. The van der Waals surface area contributed by atoms with Crippen LogP contribution in [0.4, 0.5) is 0 Å². The van der Waals surface area contributed by atoms with Gasteiger partial charge >= 0.3 is 0 Å². The lowest BCUT2D eigenvalue weighted by atomic mass is 10.1. The van der Waals surface area contributed by atoms with E-state index in [-0.39, 0.29) is 12.1 Å². The maximum atomic E-state index is 5.65. The molecule has 2 atom stereocenters. The second kappa shape index (κ2) is 4.06. The van der Waals surface area contributed by atoms with Crippen LogP contribution in [0.15, 0.2) is 6.20 Å². The predicted octanol–water partition coefficient (Wildman–Crippen LogP) is 0.255. The van der Waals surface area contributed by atoms with Crippen LogP contribution in [-0.2, 0) is 11.8 Å². The first-order valence-corrected chi connectivity index (χ1v) is 4.96. The molecule has 2 unspecified atom stereocenters. The van der Waals surface area contributed by atoms with Gasteiger partial charge in [0.1, 0.15) is 0 Å². The van der Waals surface area contributed by atoms with Crippen molar-refractivity contribution in [3.63, 3.8) is 0 Å². The molecule has 5 nitrogen and oxygen atoms in total. The number of likely N-dealkylation sites (N-methyl/N-ethyl adjacent to an activating group) is 1. The first kappa shape index (κ1) is 9.61. The highest BCUT2D eigenvalue weighted by Crippen LogP contribution is 2.25. The van der Waals surface area contributed by atoms with Gasteiger partial charge in [-0.3, -0.25) is 4.68 Å². The number of nitrogens with zero attached hydrogens (tertiary/aromatic N) is 3. The number of ether oxygens (including phenoxy) is 1. The lowest BCUT2D eigenvalue weighted by Gasteiger charge is -2.21. The first-order chi connectivity index (χ1) is 6.83. The molecule has 1 aromatic rings. The van der Waals surface area contributed by atoms with Crippen LogP contribution in [0.1, 0.15) is 24.6 Å². The summed E-state index contributed by atoms with van der Waals surface area (Å²) in [4.78, 5) is 0. The number of hydrogen-bond donors (Lipinski definition) is 1. The molecule has 1 saturated heterocycles. The van der Waals surface area contributed by atoms with Crippen molar-refractivity contribution in [3.05, 3.63) is 11.9 Å². The number of rotatable bonds is 3. The number of hydrogen-bond acceptors (Lipinski definition) is 4. The van der Waals surface area contributed by atoms with E-state index in [0.29, 0.717) is 0 Å². The number of nitrogens with one attached hydrogen (secondary N) is 1. The van der Waals surface area contributed by atoms with Gasteiger partial charge in [0.2, 0.25) is 0 Å². The minimum absolute atomic E-state index is 0.206. The number of aromatic nitrogens is 3. The van der Waals surface area contributed by atoms with E-state index in [4.69, 9.17) is 4.74 Å². The van der Waals surface area contributed by atoms with E-state index in [1.807, 2.05) is 14.1 Å². The molecule has 0 saturated carbocycles. The number of aryl methyl sites for hydroxylation is 1. The monoisotopic (exact) mass is 196 g/mol. The summed E-state index contributed by atoms with van der Waals surface area (Å²) in [5, 5.41) is 11.1. The van der Waals surface area contributed by atoms with Gasteiger partial charge in [-0.25, -0.2) is 0 Å². The summed E-state index contributed by atoms with van der Waals surface area (Å²) < 4.78 is 7.45. The standard InChI is InChI=1S/C9H16N4O/c1-10-9(8-4-3-5-14-8)7-6-11-12-13(7)2/h6,8-10H,3-5H2,1-2H3. The third-order valence-electron chi connectivity index (χ3n) is 2.72. The minimum atomic E-state index is 0.206. The van der Waals surface area contributed by atoms with Crippen molar-refractivity contribution < 1.29 is 4.74 Å². The average molecular weight is 196 g/mol. The molecule has 0 radical (unpaired) electrons. The zero-order chi connectivity index (χ0) is 9.97. The molecule has 0 amide bonds. The highest BCUT2D eigenvalue weighted by Gasteiger charge is 2.28. The third kappa shape index (κ3) is 1.65. The van der Waals surface area contributed by atoms with Crippen LogP contribution in [0.3, 0.4) is 0 Å². The van der Waals surface area contributed by atoms with Crippen molar-refractivity contribution in [2.45, 2.75) is 25.0 Å². The van der Waals surface area contributed by atoms with Gasteiger partial charge in [-0.1, -0.05) is 5.21 Å². The normalized spacial score (nSPS) is 24.0. The summed E-state index contributed by atoms with van der Waals surface area (Å²) >= 11 is 0. The molecular weight excluding hydrogens is 180 g/mol. The summed E-state index contributed by atoms with van der Waals surface area (Å²) in [6.07, 6.45) is 4.31. The van der Waals surface area contributed by atoms with E-state index in [9.17, 15) is 0 Å². The van der Waals surface area contributed by atoms with Crippen LogP contribution in [0, 0.1) is 0 Å². The molecule has 0 bridgehead atoms. The Balaban J connectivity index is 2.16. The van der Waals surface area contributed by atoms with E-state index in [0.717, 1.165) is 25.1 Å². The summed E-state index contributed by atoms with van der Waals surface area (Å²) in [5.74, 6) is 0. The molecule has 1 fully saturated rings. The summed E-state index contributed by atoms with van der Waals surface area (Å²) in [6.45, 7) is 0.869. The van der Waals surface area contributed by atoms with Crippen molar-refractivity contribution in [2.24, 2.45) is 7.05 Å². The third-order valence-corrected chi connectivity index (χ3v) is 2.72. The van der Waals surface area contributed by atoms with Crippen molar-refractivity contribution in [2.75, 3.05) is 13.7 Å². The van der Waals surface area contributed by atoms with Crippen molar-refractivity contribution in [3.8, 4) is 0 Å². The predicted molar refractivity (Wildman–Crippen MR) is 51.8 cm³/mol. The lowest BCUT2D eigenvalue weighted by Crippen LogP contribution is -2.30. The highest BCUT2D eigenvalue weighted by molar-refractivity contribution is 5.05. The smallest absolute Gasteiger partial charge is 0.0786 e. The second-order valence-electron chi connectivity index (χ2n) is 3.60. The van der Waals surface area contributed by atoms with Crippen LogP contribution in [0.5, 0.6) is 0 Å². The fourth-order valence-corrected chi connectivity index (χ4v) is 1.97. The summed E-state index contributed by atoms with van der Waals surface area (Å²) in [5.41, 5.74) is 1.08. The summed E-state index contributed by atoms with van der Waals surface area (Å²) in [7, 11) is 3.85. The van der Waals surface area contributed by atoms with Gasteiger partial charge in [0.05, 0.1) is 24.0 Å². The van der Waals surface area contributed by atoms with Crippen LogP contribution < -0.4 is 5.32 Å². The zero-order valence-corrected chi connectivity index (χ0v) is 8.60. The molecular formula is C9H16N4O. The van der Waals surface area contributed by atoms with E-state index in [1.54, 1.807) is 10.9 Å². The topological polar surface area (TPSA) is 52.0 Å². The quantitative estimate of drug-likeness (QED) is 0.753. The zero-order valence-electron chi connectivity index (χ0n) is 8.60. The molecule has 14 heavy (non-hydrogen) atoms. The Morgan fingerprint density at radius 2 is 2.57 bits per heavy atom. The van der Waals surface area contributed by atoms with Crippen molar-refractivity contribution >= 4 is 0 Å². The van der Waals surface area contributed by atoms with E-state index in [1.165, 1.54) is 0 Å². The van der Waals surface area contributed by atoms with Gasteiger partial charge in [-0.15, -0.1) is 5.10 Å². The molecule has 0 spiro atoms. The van der Waals surface area contributed by atoms with Crippen LogP contribution in [0.2, 0.25) is 0 Å². The Morgan fingerprint density at radius 1 is 1.71 bits per heavy atom. The van der Waals surface area contributed by atoms with Crippen molar-refractivity contribution in [1.82, 2.24) is 20.3 Å². The molecule has 0 aromatic carbocycles. The Bertz CT molecular complexity index is 293. The van der Waals surface area contributed by atoms with Crippen LogP contribution in [0.25, 0.3) is 0 Å². The molecule has 1 aromatic heterocycles. The lowest BCUT2D eigenvalue weighted by molar-refractivity contribution is 0.0783. The maximum Gasteiger partial charge on any atom is 0.0786 e. The fraction of sp³-hybridized carbons (Fsp3) is 0.778. The Kier molecular flexibility index (Phi) is 2.79. The Hall–Kier alpha value is -0.940. The maximum absolute atomic E-state index is 5.65. The highest BCUT2D eigenvalue weighted by atomic mass is 16.5. The van der Waals surface area contributed by atoms with Gasteiger partial charge in [-0.05, 0) is 19.9 Å². The van der Waals surface area contributed by atoms with Gasteiger partial charge in [0.25, 0.3) is 0 Å². The van der Waals surface area contributed by atoms with E-state index >= 15 is 0 Å². The molecule has 1 aliphatic rings. The molecule has 1 N–H and O–H groups in total. The molecule has 0 aliphatic carbocycles. The molecule has 78 valence electrons. The Labute approximate surface area is 83.4 Å². The minimum Gasteiger partial charge on any atom is -0.376 e. The van der Waals surface area contributed by atoms with Gasteiger partial charge in [0.15, 0.2) is 0 Å². The van der Waals surface area contributed by atoms with E-state index < -0.39 is 0 Å². The van der Waals surface area contributed by atoms with E-state index in [2.05, 4.69) is 15.6 Å². The fourth-order valence-electron chi connectivity index (χ4n) is 1.97. The SMILES string of the molecule is CNC(c1cnnn1C)C1CCCO1. The van der Waals surface area contributed by atoms with Crippen LogP contribution >= 0.6 is 0 Å². The van der Waals surface area contributed by atoms with Crippen LogP contribution in [-0.4, -0.2) is 34.8 Å². The largest absolute Gasteiger partial charge is 0.376 e.